The van der Waals surface area contributed by atoms with Gasteiger partial charge in [-0.25, -0.2) is 0 Å². The molecule has 0 aromatic rings. The summed E-state index contributed by atoms with van der Waals surface area (Å²) >= 11 is 0. The van der Waals surface area contributed by atoms with Gasteiger partial charge in [-0.15, -0.1) is 9.24 Å². The Morgan fingerprint density at radius 1 is 1.44 bits per heavy atom. The number of rotatable bonds is 2. The second kappa shape index (κ2) is 4.84. The van der Waals surface area contributed by atoms with E-state index in [0.717, 1.165) is 0 Å². The molecule has 1 atom stereocenters. The van der Waals surface area contributed by atoms with Crippen molar-refractivity contribution in [2.45, 2.75) is 0 Å². The molecule has 0 aliphatic heterocycles. The van der Waals surface area contributed by atoms with Gasteiger partial charge in [-0.1, -0.05) is 0 Å². The predicted molar refractivity (Wildman–Crippen MR) is 37.5 cm³/mol. The molecule has 0 aliphatic rings. The lowest BCUT2D eigenvalue weighted by molar-refractivity contribution is -0.155. The van der Waals surface area contributed by atoms with Crippen molar-refractivity contribution < 1.29 is 14.3 Å². The molecule has 1 unspecified atom stereocenters. The summed E-state index contributed by atoms with van der Waals surface area (Å²) < 4.78 is 4.17. The van der Waals surface area contributed by atoms with E-state index in [4.69, 9.17) is 0 Å². The first-order valence-electron chi connectivity index (χ1n) is 2.25. The Bertz CT molecular complexity index is 109. The van der Waals surface area contributed by atoms with E-state index in [0.29, 0.717) is 0 Å². The lowest BCUT2D eigenvalue weighted by Gasteiger charge is -1.94. The van der Waals surface area contributed by atoms with Crippen LogP contribution in [0.4, 0.5) is 0 Å². The number of hydrogen-bond donors (Lipinski definition) is 0. The number of carbonyl (C=O) groups is 2. The molecule has 0 saturated carbocycles. The molecule has 0 amide bonds. The summed E-state index contributed by atoms with van der Waals surface area (Å²) in [4.78, 5) is 20.5. The lowest BCUT2D eigenvalue weighted by Crippen LogP contribution is -2.13. The molecule has 0 spiro atoms. The highest BCUT2D eigenvalue weighted by atomic mass is 31.0. The maximum Gasteiger partial charge on any atom is 0.318 e. The highest BCUT2D eigenvalue weighted by Gasteiger charge is 2.04. The van der Waals surface area contributed by atoms with Crippen molar-refractivity contribution in [1.29, 1.82) is 0 Å². The molecule has 0 heterocycles. The van der Waals surface area contributed by atoms with E-state index in [-0.39, 0.29) is 12.3 Å². The number of hydrogen-bond acceptors (Lipinski definition) is 3. The zero-order chi connectivity index (χ0) is 7.28. The fourth-order valence-corrected chi connectivity index (χ4v) is 0.349. The summed E-state index contributed by atoms with van der Waals surface area (Å²) in [6.07, 6.45) is 0.0793. The van der Waals surface area contributed by atoms with Crippen molar-refractivity contribution in [1.82, 2.24) is 0 Å². The molecule has 0 bridgehead atoms. The standard InChI is InChI=1S/C4H6O3P2/c5-3(1-8)7-4(6)2-9/h1-2,8H2. The molecule has 2 radical (unpaired) electrons. The molecular formula is C4H6O3P2. The Morgan fingerprint density at radius 2 is 2.00 bits per heavy atom. The molecule has 0 fully saturated rings. The lowest BCUT2D eigenvalue weighted by atomic mass is 10.7. The van der Waals surface area contributed by atoms with Crippen LogP contribution in [0.1, 0.15) is 0 Å². The third kappa shape index (κ3) is 4.50. The second-order valence-electron chi connectivity index (χ2n) is 1.21. The Morgan fingerprint density at radius 3 is 2.33 bits per heavy atom. The third-order valence-electron chi connectivity index (χ3n) is 0.523. The largest absolute Gasteiger partial charge is 0.393 e. The Hall–Kier alpha value is -0.0000000000000000555. The van der Waals surface area contributed by atoms with Crippen LogP contribution >= 0.6 is 18.5 Å². The van der Waals surface area contributed by atoms with Crippen LogP contribution in [0.5, 0.6) is 0 Å². The maximum atomic E-state index is 10.3. The molecule has 0 aromatic carbocycles. The topological polar surface area (TPSA) is 43.4 Å². The van der Waals surface area contributed by atoms with Crippen LogP contribution in [0.2, 0.25) is 0 Å². The van der Waals surface area contributed by atoms with Gasteiger partial charge in [-0.05, 0) is 9.24 Å². The van der Waals surface area contributed by atoms with Crippen molar-refractivity contribution in [3.8, 4) is 0 Å². The molecule has 0 saturated heterocycles. The van der Waals surface area contributed by atoms with Gasteiger partial charge in [0.2, 0.25) is 0 Å². The van der Waals surface area contributed by atoms with Gasteiger partial charge in [0.15, 0.2) is 0 Å². The van der Waals surface area contributed by atoms with Crippen LogP contribution in [-0.2, 0) is 14.3 Å². The van der Waals surface area contributed by atoms with E-state index in [2.05, 4.69) is 23.2 Å². The van der Waals surface area contributed by atoms with Crippen molar-refractivity contribution in [2.75, 3.05) is 12.3 Å². The summed E-state index contributed by atoms with van der Waals surface area (Å²) in [5.41, 5.74) is 0. The molecule has 9 heavy (non-hydrogen) atoms. The fourth-order valence-electron chi connectivity index (χ4n) is 0.201. The third-order valence-corrected chi connectivity index (χ3v) is 1.11. The van der Waals surface area contributed by atoms with Crippen LogP contribution in [-0.4, -0.2) is 24.3 Å². The quantitative estimate of drug-likeness (QED) is 0.336. The van der Waals surface area contributed by atoms with Crippen LogP contribution < -0.4 is 0 Å². The van der Waals surface area contributed by atoms with E-state index in [9.17, 15) is 9.59 Å². The monoisotopic (exact) mass is 164 g/mol. The second-order valence-corrected chi connectivity index (χ2v) is 1.93. The SMILES string of the molecule is O=C(C[P])OC(=O)CP. The Kier molecular flexibility index (Phi) is 4.84. The van der Waals surface area contributed by atoms with Crippen molar-refractivity contribution in [2.24, 2.45) is 0 Å². The molecule has 0 aromatic heterocycles. The first kappa shape index (κ1) is 9.00. The van der Waals surface area contributed by atoms with Crippen molar-refractivity contribution >= 4 is 30.4 Å². The predicted octanol–water partition coefficient (Wildman–Crippen LogP) is 0.342. The summed E-state index contributed by atoms with van der Waals surface area (Å²) in [6.45, 7) is 0. The van der Waals surface area contributed by atoms with E-state index in [1.165, 1.54) is 0 Å². The fraction of sp³-hybridized carbons (Fsp3) is 0.500. The zero-order valence-electron chi connectivity index (χ0n) is 4.66. The minimum absolute atomic E-state index is 0.0591. The number of carbonyl (C=O) groups excluding carboxylic acids is 2. The number of esters is 2. The van der Waals surface area contributed by atoms with E-state index >= 15 is 0 Å². The summed E-state index contributed by atoms with van der Waals surface area (Å²) in [5, 5.41) is 0. The Labute approximate surface area is 57.9 Å². The van der Waals surface area contributed by atoms with Gasteiger partial charge in [0.1, 0.15) is 0 Å². The van der Waals surface area contributed by atoms with Gasteiger partial charge >= 0.3 is 11.9 Å². The first-order chi connectivity index (χ1) is 4.20. The van der Waals surface area contributed by atoms with Gasteiger partial charge in [0, 0.05) is 0 Å². The van der Waals surface area contributed by atoms with Gasteiger partial charge in [0.25, 0.3) is 0 Å². The minimum atomic E-state index is -0.606. The molecule has 0 N–H and O–H groups in total. The average Bonchev–Trinajstić information content (AvgIpc) is 1.87. The van der Waals surface area contributed by atoms with E-state index < -0.39 is 11.9 Å². The normalized spacial score (nSPS) is 8.67. The number of ether oxygens (including phenoxy) is 1. The summed E-state index contributed by atoms with van der Waals surface area (Å²) in [6, 6.07) is 0. The average molecular weight is 164 g/mol. The Balaban J connectivity index is 3.47. The smallest absolute Gasteiger partial charge is 0.318 e. The van der Waals surface area contributed by atoms with E-state index in [1.807, 2.05) is 0 Å². The summed E-state index contributed by atoms with van der Waals surface area (Å²) in [5.74, 6) is -1.15. The molecule has 3 nitrogen and oxygen atoms in total. The van der Waals surface area contributed by atoms with Crippen LogP contribution in [0, 0.1) is 0 Å². The molecular weight excluding hydrogens is 158 g/mol. The molecule has 50 valence electrons. The molecule has 5 heteroatoms. The van der Waals surface area contributed by atoms with Crippen molar-refractivity contribution in [3.05, 3.63) is 0 Å². The molecule has 0 rings (SSSR count). The first-order valence-corrected chi connectivity index (χ1v) is 3.70. The van der Waals surface area contributed by atoms with Gasteiger partial charge in [-0.2, -0.15) is 0 Å². The molecule has 0 aliphatic carbocycles. The zero-order valence-corrected chi connectivity index (χ0v) is 6.71. The van der Waals surface area contributed by atoms with Crippen LogP contribution in [0.15, 0.2) is 0 Å². The highest BCUT2D eigenvalue weighted by molar-refractivity contribution is 7.18. The van der Waals surface area contributed by atoms with Crippen molar-refractivity contribution in [3.63, 3.8) is 0 Å². The van der Waals surface area contributed by atoms with Crippen LogP contribution in [0.3, 0.4) is 0 Å². The summed E-state index contributed by atoms with van der Waals surface area (Å²) in [7, 11) is 5.75. The van der Waals surface area contributed by atoms with Crippen LogP contribution in [0.25, 0.3) is 0 Å². The van der Waals surface area contributed by atoms with E-state index in [1.54, 1.807) is 0 Å². The maximum absolute atomic E-state index is 10.3. The van der Waals surface area contributed by atoms with Gasteiger partial charge in [-0.3, -0.25) is 9.59 Å². The van der Waals surface area contributed by atoms with Gasteiger partial charge in [0.05, 0.1) is 12.3 Å². The highest BCUT2D eigenvalue weighted by Crippen LogP contribution is 1.89. The van der Waals surface area contributed by atoms with Gasteiger partial charge < -0.3 is 4.74 Å². The minimum Gasteiger partial charge on any atom is -0.393 e.